The van der Waals surface area contributed by atoms with E-state index in [0.717, 1.165) is 5.56 Å². The van der Waals surface area contributed by atoms with E-state index in [-0.39, 0.29) is 23.9 Å². The number of para-hydroxylation sites is 1. The Morgan fingerprint density at radius 3 is 2.59 bits per heavy atom. The van der Waals surface area contributed by atoms with Gasteiger partial charge in [0.2, 0.25) is 11.8 Å². The van der Waals surface area contributed by atoms with Crippen molar-refractivity contribution in [3.05, 3.63) is 40.4 Å². The number of likely N-dealkylation sites (N-methyl/N-ethyl adjacent to an activating group) is 1. The predicted octanol–water partition coefficient (Wildman–Crippen LogP) is -0.0148. The Balaban J connectivity index is 1.62. The summed E-state index contributed by atoms with van der Waals surface area (Å²) in [5, 5.41) is 3.30. The van der Waals surface area contributed by atoms with Crippen LogP contribution in [0.3, 0.4) is 0 Å². The summed E-state index contributed by atoms with van der Waals surface area (Å²) in [4.78, 5) is 45.0. The summed E-state index contributed by atoms with van der Waals surface area (Å²) in [5.74, 6) is -0.107. The number of aromatic nitrogens is 2. The van der Waals surface area contributed by atoms with Crippen molar-refractivity contribution in [2.24, 2.45) is 0 Å². The van der Waals surface area contributed by atoms with E-state index in [9.17, 15) is 14.4 Å². The highest BCUT2D eigenvalue weighted by Crippen LogP contribution is 2.11. The monoisotopic (exact) mass is 371 g/mol. The summed E-state index contributed by atoms with van der Waals surface area (Å²) in [6.07, 6.45) is 1.45. The highest BCUT2D eigenvalue weighted by Gasteiger charge is 2.22. The average molecular weight is 371 g/mol. The zero-order chi connectivity index (χ0) is 19.4. The van der Waals surface area contributed by atoms with Crippen molar-refractivity contribution in [2.75, 3.05) is 39.3 Å². The van der Waals surface area contributed by atoms with Crippen LogP contribution >= 0.6 is 0 Å². The molecule has 1 aliphatic rings. The Bertz CT molecular complexity index is 900. The lowest BCUT2D eigenvalue weighted by Gasteiger charge is -2.34. The van der Waals surface area contributed by atoms with E-state index < -0.39 is 0 Å². The van der Waals surface area contributed by atoms with Crippen molar-refractivity contribution in [2.45, 2.75) is 20.4 Å². The second kappa shape index (κ2) is 8.30. The Kier molecular flexibility index (Phi) is 5.85. The number of nitrogens with one attached hydrogen (secondary N) is 1. The molecule has 0 unspecified atom stereocenters. The van der Waals surface area contributed by atoms with E-state index in [1.807, 2.05) is 30.9 Å². The fraction of sp³-hybridized carbons (Fsp3) is 0.474. The normalized spacial score (nSPS) is 15.1. The number of rotatable bonds is 5. The van der Waals surface area contributed by atoms with Crippen molar-refractivity contribution < 1.29 is 9.59 Å². The molecule has 1 saturated heterocycles. The van der Waals surface area contributed by atoms with Gasteiger partial charge < -0.3 is 10.2 Å². The number of aryl methyl sites for hydroxylation is 1. The van der Waals surface area contributed by atoms with E-state index in [1.54, 1.807) is 11.0 Å². The van der Waals surface area contributed by atoms with Crippen LogP contribution in [0, 0.1) is 6.92 Å². The first kappa shape index (κ1) is 19.0. The van der Waals surface area contributed by atoms with Crippen molar-refractivity contribution >= 4 is 22.7 Å². The number of fused-ring (bicyclic) bond motifs is 1. The van der Waals surface area contributed by atoms with Gasteiger partial charge >= 0.3 is 0 Å². The zero-order valence-corrected chi connectivity index (χ0v) is 15.8. The number of carbonyl (C=O) groups is 2. The van der Waals surface area contributed by atoms with E-state index in [0.29, 0.717) is 50.2 Å². The molecule has 144 valence electrons. The molecule has 1 N–H and O–H groups in total. The Morgan fingerprint density at radius 1 is 1.15 bits per heavy atom. The topological polar surface area (TPSA) is 87.5 Å². The molecule has 2 aromatic rings. The maximum Gasteiger partial charge on any atom is 0.261 e. The summed E-state index contributed by atoms with van der Waals surface area (Å²) in [5.41, 5.74) is 1.41. The van der Waals surface area contributed by atoms with Crippen LogP contribution in [-0.4, -0.2) is 70.4 Å². The summed E-state index contributed by atoms with van der Waals surface area (Å²) >= 11 is 0. The lowest BCUT2D eigenvalue weighted by molar-refractivity contribution is -0.134. The van der Waals surface area contributed by atoms with Crippen LogP contribution in [0.4, 0.5) is 0 Å². The Hall–Kier alpha value is -2.74. The van der Waals surface area contributed by atoms with Gasteiger partial charge in [0, 0.05) is 32.7 Å². The molecule has 3 rings (SSSR count). The number of amides is 2. The molecule has 0 atom stereocenters. The Morgan fingerprint density at radius 2 is 1.89 bits per heavy atom. The zero-order valence-electron chi connectivity index (χ0n) is 15.8. The highest BCUT2D eigenvalue weighted by molar-refractivity contribution is 5.81. The van der Waals surface area contributed by atoms with Gasteiger partial charge in [-0.15, -0.1) is 0 Å². The molecule has 1 aromatic heterocycles. The molecule has 1 aromatic carbocycles. The fourth-order valence-corrected chi connectivity index (χ4v) is 3.31. The van der Waals surface area contributed by atoms with Crippen LogP contribution in [0.25, 0.3) is 10.9 Å². The van der Waals surface area contributed by atoms with E-state index in [2.05, 4.69) is 10.3 Å². The molecule has 2 heterocycles. The minimum atomic E-state index is -0.202. The first-order valence-corrected chi connectivity index (χ1v) is 9.21. The van der Waals surface area contributed by atoms with Crippen molar-refractivity contribution in [3.8, 4) is 0 Å². The van der Waals surface area contributed by atoms with Gasteiger partial charge in [-0.25, -0.2) is 4.98 Å². The number of nitrogens with zero attached hydrogens (tertiary/aromatic N) is 4. The molecule has 0 bridgehead atoms. The number of benzene rings is 1. The molecule has 0 radical (unpaired) electrons. The fourth-order valence-electron chi connectivity index (χ4n) is 3.31. The molecule has 1 fully saturated rings. The van der Waals surface area contributed by atoms with Gasteiger partial charge in [0.15, 0.2) is 0 Å². The number of carbonyl (C=O) groups excluding carboxylic acids is 2. The second-order valence-corrected chi connectivity index (χ2v) is 6.76. The van der Waals surface area contributed by atoms with Crippen LogP contribution in [0.2, 0.25) is 0 Å². The van der Waals surface area contributed by atoms with Crippen LogP contribution in [0.5, 0.6) is 0 Å². The molecular weight excluding hydrogens is 346 g/mol. The smallest absolute Gasteiger partial charge is 0.261 e. The first-order valence-electron chi connectivity index (χ1n) is 9.21. The van der Waals surface area contributed by atoms with Crippen LogP contribution in [0.1, 0.15) is 12.5 Å². The molecule has 1 aliphatic heterocycles. The summed E-state index contributed by atoms with van der Waals surface area (Å²) in [6.45, 7) is 7.13. The lowest BCUT2D eigenvalue weighted by Crippen LogP contribution is -2.52. The summed E-state index contributed by atoms with van der Waals surface area (Å²) in [6, 6.07) is 5.46. The summed E-state index contributed by atoms with van der Waals surface area (Å²) in [7, 11) is 0. The molecule has 0 spiro atoms. The van der Waals surface area contributed by atoms with E-state index in [4.69, 9.17) is 0 Å². The van der Waals surface area contributed by atoms with Gasteiger partial charge in [-0.2, -0.15) is 0 Å². The molecule has 2 amide bonds. The lowest BCUT2D eigenvalue weighted by atomic mass is 10.1. The van der Waals surface area contributed by atoms with Crippen LogP contribution in [-0.2, 0) is 16.1 Å². The quantitative estimate of drug-likeness (QED) is 0.799. The van der Waals surface area contributed by atoms with Gasteiger partial charge in [-0.1, -0.05) is 12.1 Å². The highest BCUT2D eigenvalue weighted by atomic mass is 16.2. The van der Waals surface area contributed by atoms with E-state index in [1.165, 1.54) is 10.9 Å². The summed E-state index contributed by atoms with van der Waals surface area (Å²) < 4.78 is 1.37. The molecule has 0 saturated carbocycles. The van der Waals surface area contributed by atoms with Crippen LogP contribution < -0.4 is 10.9 Å². The molecule has 8 nitrogen and oxygen atoms in total. The maximum atomic E-state index is 12.6. The standard InChI is InChI=1S/C19H25N5O3/c1-3-20-16(25)11-22-7-9-23(10-8-22)17(26)12-24-13-21-18-14(2)5-4-6-15(18)19(24)27/h4-6,13H,3,7-12H2,1-2H3,(H,20,25). The van der Waals surface area contributed by atoms with Gasteiger partial charge in [-0.3, -0.25) is 23.9 Å². The number of piperazine rings is 1. The van der Waals surface area contributed by atoms with E-state index >= 15 is 0 Å². The SMILES string of the molecule is CCNC(=O)CN1CCN(C(=O)Cn2cnc3c(C)cccc3c2=O)CC1. The molecule has 27 heavy (non-hydrogen) atoms. The average Bonchev–Trinajstić information content (AvgIpc) is 2.65. The molecule has 8 heteroatoms. The second-order valence-electron chi connectivity index (χ2n) is 6.76. The Labute approximate surface area is 157 Å². The minimum Gasteiger partial charge on any atom is -0.355 e. The number of hydrogen-bond donors (Lipinski definition) is 1. The van der Waals surface area contributed by atoms with Crippen molar-refractivity contribution in [1.82, 2.24) is 24.7 Å². The van der Waals surface area contributed by atoms with Crippen molar-refractivity contribution in [3.63, 3.8) is 0 Å². The van der Waals surface area contributed by atoms with Crippen molar-refractivity contribution in [1.29, 1.82) is 0 Å². The molecular formula is C19H25N5O3. The minimum absolute atomic E-state index is 0.00126. The van der Waals surface area contributed by atoms with Gasteiger partial charge in [0.25, 0.3) is 5.56 Å². The van der Waals surface area contributed by atoms with Gasteiger partial charge in [0.05, 0.1) is 23.8 Å². The first-order chi connectivity index (χ1) is 13.0. The van der Waals surface area contributed by atoms with Gasteiger partial charge in [0.1, 0.15) is 6.54 Å². The number of hydrogen-bond acceptors (Lipinski definition) is 5. The third-order valence-electron chi connectivity index (χ3n) is 4.83. The molecule has 0 aliphatic carbocycles. The third-order valence-corrected chi connectivity index (χ3v) is 4.83. The largest absolute Gasteiger partial charge is 0.355 e. The predicted molar refractivity (Wildman–Crippen MR) is 102 cm³/mol. The van der Waals surface area contributed by atoms with Crippen LogP contribution in [0.15, 0.2) is 29.3 Å². The van der Waals surface area contributed by atoms with Gasteiger partial charge in [-0.05, 0) is 25.5 Å². The maximum absolute atomic E-state index is 12.6. The third kappa shape index (κ3) is 4.33.